The van der Waals surface area contributed by atoms with Gasteiger partial charge in [0.2, 0.25) is 5.91 Å². The second kappa shape index (κ2) is 9.28. The number of hydrogen-bond acceptors (Lipinski definition) is 3. The monoisotopic (exact) mass is 338 g/mol. The third-order valence-electron chi connectivity index (χ3n) is 4.46. The SMILES string of the molecule is CNCCC1CCN(C(=O)C(C)CSc2ccc(F)cc2)CC1. The third kappa shape index (κ3) is 5.81. The van der Waals surface area contributed by atoms with Crippen molar-refractivity contribution >= 4 is 17.7 Å². The Kier molecular flexibility index (Phi) is 7.37. The molecule has 5 heteroatoms. The summed E-state index contributed by atoms with van der Waals surface area (Å²) in [6.07, 6.45) is 3.44. The van der Waals surface area contributed by atoms with Crippen LogP contribution in [0, 0.1) is 17.7 Å². The Balaban J connectivity index is 1.73. The molecule has 1 aromatic carbocycles. The van der Waals surface area contributed by atoms with Crippen molar-refractivity contribution < 1.29 is 9.18 Å². The van der Waals surface area contributed by atoms with Crippen LogP contribution in [0.1, 0.15) is 26.2 Å². The zero-order valence-corrected chi connectivity index (χ0v) is 14.9. The first kappa shape index (κ1) is 18.3. The van der Waals surface area contributed by atoms with Gasteiger partial charge in [-0.3, -0.25) is 4.79 Å². The van der Waals surface area contributed by atoms with Crippen LogP contribution >= 0.6 is 11.8 Å². The van der Waals surface area contributed by atoms with Crippen molar-refractivity contribution in [3.8, 4) is 0 Å². The summed E-state index contributed by atoms with van der Waals surface area (Å²) in [5.41, 5.74) is 0. The van der Waals surface area contributed by atoms with Gasteiger partial charge in [-0.15, -0.1) is 11.8 Å². The number of halogens is 1. The molecule has 3 nitrogen and oxygen atoms in total. The van der Waals surface area contributed by atoms with Crippen molar-refractivity contribution in [1.82, 2.24) is 10.2 Å². The number of benzene rings is 1. The lowest BCUT2D eigenvalue weighted by Crippen LogP contribution is -2.42. The van der Waals surface area contributed by atoms with Crippen molar-refractivity contribution in [1.29, 1.82) is 0 Å². The fraction of sp³-hybridized carbons (Fsp3) is 0.611. The van der Waals surface area contributed by atoms with Crippen molar-refractivity contribution in [2.24, 2.45) is 11.8 Å². The van der Waals surface area contributed by atoms with Crippen LogP contribution in [0.2, 0.25) is 0 Å². The van der Waals surface area contributed by atoms with E-state index in [0.717, 1.165) is 49.0 Å². The Hall–Kier alpha value is -1.07. The normalized spacial score (nSPS) is 17.3. The second-order valence-corrected chi connectivity index (χ2v) is 7.42. The maximum absolute atomic E-state index is 12.9. The molecule has 1 fully saturated rings. The molecule has 0 aliphatic carbocycles. The van der Waals surface area contributed by atoms with Gasteiger partial charge in [-0.1, -0.05) is 6.92 Å². The molecule has 23 heavy (non-hydrogen) atoms. The van der Waals surface area contributed by atoms with Gasteiger partial charge in [0.1, 0.15) is 5.82 Å². The predicted molar refractivity (Wildman–Crippen MR) is 94.1 cm³/mol. The topological polar surface area (TPSA) is 32.3 Å². The zero-order valence-electron chi connectivity index (χ0n) is 14.1. The highest BCUT2D eigenvalue weighted by atomic mass is 32.2. The molecule has 0 saturated carbocycles. The minimum absolute atomic E-state index is 0.00101. The van der Waals surface area contributed by atoms with Crippen LogP contribution in [-0.4, -0.2) is 43.2 Å². The lowest BCUT2D eigenvalue weighted by Gasteiger charge is -2.33. The Morgan fingerprint density at radius 1 is 1.35 bits per heavy atom. The van der Waals surface area contributed by atoms with Crippen LogP contribution in [0.15, 0.2) is 29.2 Å². The van der Waals surface area contributed by atoms with E-state index in [4.69, 9.17) is 0 Å². The highest BCUT2D eigenvalue weighted by Crippen LogP contribution is 2.24. The Labute approximate surface area is 143 Å². The van der Waals surface area contributed by atoms with Crippen LogP contribution in [0.3, 0.4) is 0 Å². The number of carbonyl (C=O) groups excluding carboxylic acids is 1. The highest BCUT2D eigenvalue weighted by molar-refractivity contribution is 7.99. The number of nitrogens with one attached hydrogen (secondary N) is 1. The molecule has 0 radical (unpaired) electrons. The summed E-state index contributed by atoms with van der Waals surface area (Å²) in [5.74, 6) is 1.52. The summed E-state index contributed by atoms with van der Waals surface area (Å²) in [6, 6.07) is 6.46. The summed E-state index contributed by atoms with van der Waals surface area (Å²) in [6.45, 7) is 4.83. The lowest BCUT2D eigenvalue weighted by atomic mass is 9.93. The molecule has 1 aromatic rings. The summed E-state index contributed by atoms with van der Waals surface area (Å²) >= 11 is 1.62. The molecule has 128 valence electrons. The molecule has 1 saturated heterocycles. The van der Waals surface area contributed by atoms with E-state index < -0.39 is 0 Å². The van der Waals surface area contributed by atoms with E-state index in [1.54, 1.807) is 23.9 Å². The van der Waals surface area contributed by atoms with Gasteiger partial charge in [0.25, 0.3) is 0 Å². The quantitative estimate of drug-likeness (QED) is 0.774. The molecule has 1 heterocycles. The predicted octanol–water partition coefficient (Wildman–Crippen LogP) is 3.40. The average Bonchev–Trinajstić information content (AvgIpc) is 2.59. The highest BCUT2D eigenvalue weighted by Gasteiger charge is 2.25. The summed E-state index contributed by atoms with van der Waals surface area (Å²) in [4.78, 5) is 15.6. The van der Waals surface area contributed by atoms with Gasteiger partial charge < -0.3 is 10.2 Å². The molecule has 1 aliphatic heterocycles. The van der Waals surface area contributed by atoms with Gasteiger partial charge in [0.05, 0.1) is 0 Å². The molecular formula is C18H27FN2OS. The molecule has 0 bridgehead atoms. The van der Waals surface area contributed by atoms with Gasteiger partial charge in [0.15, 0.2) is 0 Å². The number of piperidine rings is 1. The number of amides is 1. The maximum atomic E-state index is 12.9. The van der Waals surface area contributed by atoms with Gasteiger partial charge in [-0.2, -0.15) is 0 Å². The summed E-state index contributed by atoms with van der Waals surface area (Å²) in [7, 11) is 1.99. The van der Waals surface area contributed by atoms with E-state index in [9.17, 15) is 9.18 Å². The minimum Gasteiger partial charge on any atom is -0.342 e. The first-order chi connectivity index (χ1) is 11.1. The minimum atomic E-state index is -0.223. The maximum Gasteiger partial charge on any atom is 0.226 e. The van der Waals surface area contributed by atoms with Crippen LogP contribution in [-0.2, 0) is 4.79 Å². The van der Waals surface area contributed by atoms with Crippen LogP contribution in [0.25, 0.3) is 0 Å². The third-order valence-corrected chi connectivity index (χ3v) is 5.74. The molecule has 1 aliphatic rings. The lowest BCUT2D eigenvalue weighted by molar-refractivity contribution is -0.135. The van der Waals surface area contributed by atoms with Gasteiger partial charge in [0, 0.05) is 29.7 Å². The number of nitrogens with zero attached hydrogens (tertiary/aromatic N) is 1. The fourth-order valence-electron chi connectivity index (χ4n) is 2.93. The molecule has 2 rings (SSSR count). The molecule has 0 spiro atoms. The summed E-state index contributed by atoms with van der Waals surface area (Å²) < 4.78 is 12.9. The van der Waals surface area contributed by atoms with Crippen molar-refractivity contribution in [2.75, 3.05) is 32.4 Å². The van der Waals surface area contributed by atoms with E-state index in [1.807, 2.05) is 18.9 Å². The van der Waals surface area contributed by atoms with Crippen LogP contribution in [0.5, 0.6) is 0 Å². The van der Waals surface area contributed by atoms with Crippen molar-refractivity contribution in [3.05, 3.63) is 30.1 Å². The molecular weight excluding hydrogens is 311 g/mol. The largest absolute Gasteiger partial charge is 0.342 e. The summed E-state index contributed by atoms with van der Waals surface area (Å²) in [5, 5.41) is 3.20. The second-order valence-electron chi connectivity index (χ2n) is 6.33. The van der Waals surface area contributed by atoms with E-state index in [2.05, 4.69) is 5.32 Å². The van der Waals surface area contributed by atoms with Gasteiger partial charge in [-0.05, 0) is 63.0 Å². The number of likely N-dealkylation sites (tertiary alicyclic amines) is 1. The number of rotatable bonds is 7. The number of carbonyl (C=O) groups is 1. The molecule has 1 amide bonds. The first-order valence-electron chi connectivity index (χ1n) is 8.42. The molecule has 1 atom stereocenters. The zero-order chi connectivity index (χ0) is 16.7. The van der Waals surface area contributed by atoms with Crippen LogP contribution in [0.4, 0.5) is 4.39 Å². The number of thioether (sulfide) groups is 1. The Morgan fingerprint density at radius 3 is 2.61 bits per heavy atom. The van der Waals surface area contributed by atoms with E-state index in [-0.39, 0.29) is 17.6 Å². The number of hydrogen-bond donors (Lipinski definition) is 1. The van der Waals surface area contributed by atoms with E-state index in [0.29, 0.717) is 0 Å². The Morgan fingerprint density at radius 2 is 2.00 bits per heavy atom. The van der Waals surface area contributed by atoms with Gasteiger partial charge in [-0.25, -0.2) is 4.39 Å². The average molecular weight is 338 g/mol. The van der Waals surface area contributed by atoms with Gasteiger partial charge >= 0.3 is 0 Å². The van der Waals surface area contributed by atoms with Crippen LogP contribution < -0.4 is 5.32 Å². The van der Waals surface area contributed by atoms with E-state index in [1.165, 1.54) is 18.6 Å². The van der Waals surface area contributed by atoms with Crippen molar-refractivity contribution in [2.45, 2.75) is 31.1 Å². The smallest absolute Gasteiger partial charge is 0.226 e. The molecule has 0 aromatic heterocycles. The fourth-order valence-corrected chi connectivity index (χ4v) is 3.84. The Bertz CT molecular complexity index is 486. The van der Waals surface area contributed by atoms with Crippen molar-refractivity contribution in [3.63, 3.8) is 0 Å². The molecule has 1 N–H and O–H groups in total. The molecule has 1 unspecified atom stereocenters. The standard InChI is InChI=1S/C18H27FN2OS/c1-14(13-23-17-5-3-16(19)4-6-17)18(22)21-11-8-15(9-12-21)7-10-20-2/h3-6,14-15,20H,7-13H2,1-2H3. The van der Waals surface area contributed by atoms with E-state index >= 15 is 0 Å². The first-order valence-corrected chi connectivity index (χ1v) is 9.40.